The van der Waals surface area contributed by atoms with E-state index in [0.717, 1.165) is 31.2 Å². The predicted octanol–water partition coefficient (Wildman–Crippen LogP) is 4.78. The molecular weight excluding hydrogens is 375 g/mol. The van der Waals surface area contributed by atoms with Gasteiger partial charge < -0.3 is 15.4 Å². The zero-order valence-corrected chi connectivity index (χ0v) is 15.8. The van der Waals surface area contributed by atoms with Crippen molar-refractivity contribution in [3.8, 4) is 0 Å². The van der Waals surface area contributed by atoms with Crippen molar-refractivity contribution in [3.63, 3.8) is 0 Å². The molecule has 1 amide bonds. The first-order valence-electron chi connectivity index (χ1n) is 8.54. The number of hydrogen-bond acceptors (Lipinski definition) is 2. The highest BCUT2D eigenvalue weighted by molar-refractivity contribution is 6.44. The second-order valence-corrected chi connectivity index (χ2v) is 7.46. The molecule has 1 aromatic carbocycles. The van der Waals surface area contributed by atoms with Gasteiger partial charge in [-0.2, -0.15) is 0 Å². The number of halogens is 2. The van der Waals surface area contributed by atoms with Gasteiger partial charge in [0, 0.05) is 11.7 Å². The highest BCUT2D eigenvalue weighted by Crippen LogP contribution is 2.34. The Labute approximate surface area is 161 Å². The summed E-state index contributed by atoms with van der Waals surface area (Å²) < 4.78 is 0. The highest BCUT2D eigenvalue weighted by Gasteiger charge is 2.26. The summed E-state index contributed by atoms with van der Waals surface area (Å²) in [4.78, 5) is 26.5. The average molecular weight is 395 g/mol. The third-order valence-corrected chi connectivity index (χ3v) is 5.90. The predicted molar refractivity (Wildman–Crippen MR) is 101 cm³/mol. The second kappa shape index (κ2) is 7.72. The maximum absolute atomic E-state index is 12.4. The van der Waals surface area contributed by atoms with Crippen LogP contribution in [-0.4, -0.2) is 28.0 Å². The number of H-pyrrole nitrogens is 1. The SMILES string of the molecule is Cc1[nH]c(C(=O)N[C@H]2CC[C@H](c3cccc(C(=O)O)c3)CC2)c(Cl)c1Cl. The fourth-order valence-corrected chi connectivity index (χ4v) is 3.90. The molecule has 1 saturated carbocycles. The molecule has 138 valence electrons. The zero-order valence-electron chi connectivity index (χ0n) is 14.3. The van der Waals surface area contributed by atoms with Crippen molar-refractivity contribution < 1.29 is 14.7 Å². The van der Waals surface area contributed by atoms with E-state index < -0.39 is 5.97 Å². The molecule has 1 fully saturated rings. The van der Waals surface area contributed by atoms with Crippen LogP contribution >= 0.6 is 23.2 Å². The smallest absolute Gasteiger partial charge is 0.335 e. The Balaban J connectivity index is 1.60. The topological polar surface area (TPSA) is 82.2 Å². The van der Waals surface area contributed by atoms with Crippen LogP contribution in [0.5, 0.6) is 0 Å². The molecule has 0 aliphatic heterocycles. The van der Waals surface area contributed by atoms with E-state index >= 15 is 0 Å². The van der Waals surface area contributed by atoms with Crippen LogP contribution in [0.4, 0.5) is 0 Å². The van der Waals surface area contributed by atoms with E-state index in [4.69, 9.17) is 28.3 Å². The van der Waals surface area contributed by atoms with E-state index in [1.165, 1.54) is 0 Å². The molecule has 1 aliphatic carbocycles. The van der Waals surface area contributed by atoms with Crippen molar-refractivity contribution in [2.45, 2.75) is 44.6 Å². The molecule has 0 radical (unpaired) electrons. The van der Waals surface area contributed by atoms with Crippen LogP contribution in [-0.2, 0) is 0 Å². The Morgan fingerprint density at radius 2 is 1.85 bits per heavy atom. The van der Waals surface area contributed by atoms with Gasteiger partial charge in [-0.25, -0.2) is 4.79 Å². The van der Waals surface area contributed by atoms with Crippen LogP contribution in [0.2, 0.25) is 10.0 Å². The van der Waals surface area contributed by atoms with Crippen LogP contribution in [0, 0.1) is 6.92 Å². The third kappa shape index (κ3) is 3.89. The number of aromatic carboxylic acids is 1. The van der Waals surface area contributed by atoms with Gasteiger partial charge in [-0.3, -0.25) is 4.79 Å². The van der Waals surface area contributed by atoms with Crippen LogP contribution in [0.1, 0.15) is 63.7 Å². The molecule has 5 nitrogen and oxygen atoms in total. The van der Waals surface area contributed by atoms with Crippen molar-refractivity contribution in [1.29, 1.82) is 0 Å². The summed E-state index contributed by atoms with van der Waals surface area (Å²) >= 11 is 12.1. The van der Waals surface area contributed by atoms with Gasteiger partial charge in [0.15, 0.2) is 0 Å². The Bertz CT molecular complexity index is 839. The minimum Gasteiger partial charge on any atom is -0.478 e. The van der Waals surface area contributed by atoms with Crippen LogP contribution < -0.4 is 5.32 Å². The summed E-state index contributed by atoms with van der Waals surface area (Å²) in [5.41, 5.74) is 2.32. The number of hydrogen-bond donors (Lipinski definition) is 3. The largest absolute Gasteiger partial charge is 0.478 e. The second-order valence-electron chi connectivity index (χ2n) is 6.71. The van der Waals surface area contributed by atoms with Crippen LogP contribution in [0.3, 0.4) is 0 Å². The number of carboxylic acid groups (broad SMARTS) is 1. The number of benzene rings is 1. The molecule has 0 unspecified atom stereocenters. The van der Waals surface area contributed by atoms with Crippen LogP contribution in [0.25, 0.3) is 0 Å². The minimum atomic E-state index is -0.912. The summed E-state index contributed by atoms with van der Waals surface area (Å²) in [7, 11) is 0. The first-order chi connectivity index (χ1) is 12.4. The molecular formula is C19H20Cl2N2O3. The molecule has 0 saturated heterocycles. The molecule has 0 spiro atoms. The van der Waals surface area contributed by atoms with E-state index in [2.05, 4.69) is 10.3 Å². The molecule has 26 heavy (non-hydrogen) atoms. The van der Waals surface area contributed by atoms with E-state index in [-0.39, 0.29) is 17.0 Å². The summed E-state index contributed by atoms with van der Waals surface area (Å²) in [6.45, 7) is 1.77. The lowest BCUT2D eigenvalue weighted by atomic mass is 9.81. The maximum Gasteiger partial charge on any atom is 0.335 e. The van der Waals surface area contributed by atoms with Gasteiger partial charge in [0.1, 0.15) is 5.69 Å². The molecule has 0 bridgehead atoms. The van der Waals surface area contributed by atoms with E-state index in [9.17, 15) is 9.59 Å². The average Bonchev–Trinajstić information content (AvgIpc) is 2.90. The fourth-order valence-electron chi connectivity index (χ4n) is 3.48. The molecule has 2 aromatic rings. The first-order valence-corrected chi connectivity index (χ1v) is 9.30. The molecule has 1 aliphatic rings. The Hall–Kier alpha value is -1.98. The standard InChI is InChI=1S/C19H20Cl2N2O3/c1-10-15(20)16(21)17(22-10)18(24)23-14-7-5-11(6-8-14)12-3-2-4-13(9-12)19(25)26/h2-4,9,11,14,22H,5-8H2,1H3,(H,23,24)(H,25,26)/t11-,14-. The Morgan fingerprint density at radius 1 is 1.15 bits per heavy atom. The number of carbonyl (C=O) groups excluding carboxylic acids is 1. The number of carboxylic acids is 1. The number of rotatable bonds is 4. The lowest BCUT2D eigenvalue weighted by Crippen LogP contribution is -2.37. The number of nitrogens with one attached hydrogen (secondary N) is 2. The van der Waals surface area contributed by atoms with Crippen molar-refractivity contribution in [2.75, 3.05) is 0 Å². The lowest BCUT2D eigenvalue weighted by molar-refractivity contribution is 0.0696. The normalized spacial score (nSPS) is 20.0. The highest BCUT2D eigenvalue weighted by atomic mass is 35.5. The summed E-state index contributed by atoms with van der Waals surface area (Å²) in [5, 5.41) is 12.8. The zero-order chi connectivity index (χ0) is 18.8. The van der Waals surface area contributed by atoms with Gasteiger partial charge in [0.2, 0.25) is 0 Å². The molecule has 0 atom stereocenters. The van der Waals surface area contributed by atoms with E-state index in [1.54, 1.807) is 25.1 Å². The monoisotopic (exact) mass is 394 g/mol. The molecule has 1 heterocycles. The van der Waals surface area contributed by atoms with Crippen molar-refractivity contribution in [2.24, 2.45) is 0 Å². The maximum atomic E-state index is 12.4. The van der Waals surface area contributed by atoms with E-state index in [0.29, 0.717) is 27.9 Å². The van der Waals surface area contributed by atoms with Gasteiger partial charge in [0.05, 0.1) is 15.6 Å². The minimum absolute atomic E-state index is 0.0693. The molecule has 3 N–H and O–H groups in total. The molecule has 7 heteroatoms. The van der Waals surface area contributed by atoms with Crippen LogP contribution in [0.15, 0.2) is 24.3 Å². The first kappa shape index (κ1) is 18.8. The Kier molecular flexibility index (Phi) is 5.58. The van der Waals surface area contributed by atoms with Gasteiger partial charge >= 0.3 is 5.97 Å². The number of aromatic nitrogens is 1. The van der Waals surface area contributed by atoms with Gasteiger partial charge in [-0.15, -0.1) is 0 Å². The molecule has 1 aromatic heterocycles. The lowest BCUT2D eigenvalue weighted by Gasteiger charge is -2.29. The van der Waals surface area contributed by atoms with Gasteiger partial charge in [-0.05, 0) is 56.2 Å². The molecule has 3 rings (SSSR count). The third-order valence-electron chi connectivity index (χ3n) is 4.95. The van der Waals surface area contributed by atoms with Crippen molar-refractivity contribution in [1.82, 2.24) is 10.3 Å². The number of aryl methyl sites for hydroxylation is 1. The van der Waals surface area contributed by atoms with Gasteiger partial charge in [-0.1, -0.05) is 35.3 Å². The van der Waals surface area contributed by atoms with Gasteiger partial charge in [0.25, 0.3) is 5.91 Å². The number of aromatic amines is 1. The van der Waals surface area contributed by atoms with Crippen molar-refractivity contribution in [3.05, 3.63) is 56.8 Å². The summed E-state index contributed by atoms with van der Waals surface area (Å²) in [6.07, 6.45) is 3.45. The summed E-state index contributed by atoms with van der Waals surface area (Å²) in [6, 6.07) is 7.17. The van der Waals surface area contributed by atoms with Crippen molar-refractivity contribution >= 4 is 35.1 Å². The van der Waals surface area contributed by atoms with E-state index in [1.807, 2.05) is 6.07 Å². The number of carbonyl (C=O) groups is 2. The fraction of sp³-hybridized carbons (Fsp3) is 0.368. The summed E-state index contributed by atoms with van der Waals surface area (Å²) in [5.74, 6) is -0.848. The Morgan fingerprint density at radius 3 is 2.42 bits per heavy atom. The number of amides is 1. The quantitative estimate of drug-likeness (QED) is 0.697.